The van der Waals surface area contributed by atoms with Crippen LogP contribution in [0.4, 0.5) is 11.4 Å². The Balaban J connectivity index is 1.44. The molecule has 3 aromatic rings. The van der Waals surface area contributed by atoms with Gasteiger partial charge in [0, 0.05) is 36.0 Å². The molecule has 0 saturated heterocycles. The number of aliphatic imine (C=N–C) groups is 1. The number of carbonyl (C=O) groups excluding carboxylic acids is 1. The van der Waals surface area contributed by atoms with Gasteiger partial charge in [0.05, 0.1) is 15.5 Å². The SMILES string of the molecule is NS(=O)(=O)c1ccc(NC(=O)CCn2c(O)c(/C=C3/C=Nc4ccccc43)sc2=S)cc1. The van der Waals surface area contributed by atoms with Crippen LogP contribution in [0.25, 0.3) is 11.6 Å². The number of para-hydroxylation sites is 1. The van der Waals surface area contributed by atoms with Crippen LogP contribution in [0.15, 0.2) is 58.4 Å². The number of hydrogen-bond donors (Lipinski definition) is 3. The molecular weight excluding hydrogens is 468 g/mol. The number of sulfonamides is 1. The number of aromatic nitrogens is 1. The molecule has 0 atom stereocenters. The smallest absolute Gasteiger partial charge is 0.238 e. The third-order valence-corrected chi connectivity index (χ3v) is 7.08. The summed E-state index contributed by atoms with van der Waals surface area (Å²) in [5, 5.41) is 18.4. The van der Waals surface area contributed by atoms with Crippen LogP contribution in [0.5, 0.6) is 5.88 Å². The van der Waals surface area contributed by atoms with E-state index in [0.717, 1.165) is 16.8 Å². The molecule has 4 rings (SSSR count). The molecule has 0 unspecified atom stereocenters. The lowest BCUT2D eigenvalue weighted by Gasteiger charge is -2.07. The van der Waals surface area contributed by atoms with Crippen LogP contribution in [0, 0.1) is 3.95 Å². The first-order chi connectivity index (χ1) is 15.2. The van der Waals surface area contributed by atoms with Gasteiger partial charge < -0.3 is 10.4 Å². The van der Waals surface area contributed by atoms with Crippen molar-refractivity contribution in [1.29, 1.82) is 0 Å². The number of nitrogens with one attached hydrogen (secondary N) is 1. The Labute approximate surface area is 193 Å². The van der Waals surface area contributed by atoms with Crippen molar-refractivity contribution >= 4 is 68.7 Å². The number of carbonyl (C=O) groups is 1. The number of benzene rings is 2. The second-order valence-corrected chi connectivity index (χ2v) is 10.2. The molecule has 0 saturated carbocycles. The molecule has 0 fully saturated rings. The van der Waals surface area contributed by atoms with E-state index in [2.05, 4.69) is 10.3 Å². The average molecular weight is 487 g/mol. The molecule has 8 nitrogen and oxygen atoms in total. The largest absolute Gasteiger partial charge is 0.493 e. The minimum Gasteiger partial charge on any atom is -0.493 e. The summed E-state index contributed by atoms with van der Waals surface area (Å²) in [5.74, 6) is -0.312. The van der Waals surface area contributed by atoms with E-state index < -0.39 is 10.0 Å². The van der Waals surface area contributed by atoms with Crippen LogP contribution in [-0.4, -0.2) is 30.2 Å². The first kappa shape index (κ1) is 22.1. The van der Waals surface area contributed by atoms with Crippen molar-refractivity contribution in [3.05, 3.63) is 62.9 Å². The van der Waals surface area contributed by atoms with Gasteiger partial charge in [-0.05, 0) is 48.6 Å². The summed E-state index contributed by atoms with van der Waals surface area (Å²) < 4.78 is 24.6. The maximum absolute atomic E-state index is 12.3. The molecule has 0 radical (unpaired) electrons. The van der Waals surface area contributed by atoms with Gasteiger partial charge in [-0.1, -0.05) is 18.2 Å². The summed E-state index contributed by atoms with van der Waals surface area (Å²) in [5.41, 5.74) is 3.16. The average Bonchev–Trinajstić information content (AvgIpc) is 3.27. The number of aromatic hydroxyl groups is 1. The molecule has 1 aromatic heterocycles. The van der Waals surface area contributed by atoms with E-state index in [-0.39, 0.29) is 29.6 Å². The first-order valence-corrected chi connectivity index (χ1v) is 12.2. The molecule has 0 bridgehead atoms. The van der Waals surface area contributed by atoms with E-state index in [1.807, 2.05) is 30.3 Å². The first-order valence-electron chi connectivity index (χ1n) is 9.43. The molecule has 11 heteroatoms. The van der Waals surface area contributed by atoms with Crippen LogP contribution in [0.1, 0.15) is 16.9 Å². The van der Waals surface area contributed by atoms with Gasteiger partial charge >= 0.3 is 0 Å². The quantitative estimate of drug-likeness (QED) is 0.455. The van der Waals surface area contributed by atoms with Gasteiger partial charge in [-0.25, -0.2) is 13.6 Å². The zero-order valence-corrected chi connectivity index (χ0v) is 19.0. The van der Waals surface area contributed by atoms with Crippen LogP contribution >= 0.6 is 23.6 Å². The maximum Gasteiger partial charge on any atom is 0.238 e. The molecule has 164 valence electrons. The number of allylic oxidation sites excluding steroid dienone is 1. The van der Waals surface area contributed by atoms with Crippen molar-refractivity contribution in [1.82, 2.24) is 4.57 Å². The van der Waals surface area contributed by atoms with Crippen molar-refractivity contribution in [2.45, 2.75) is 17.9 Å². The predicted molar refractivity (Wildman–Crippen MR) is 128 cm³/mol. The number of thiazole rings is 1. The summed E-state index contributed by atoms with van der Waals surface area (Å²) in [6.45, 7) is 0.191. The number of anilines is 1. The van der Waals surface area contributed by atoms with Crippen molar-refractivity contribution in [3.8, 4) is 5.88 Å². The number of fused-ring (bicyclic) bond motifs is 1. The van der Waals surface area contributed by atoms with Crippen LogP contribution in [0.2, 0.25) is 0 Å². The summed E-state index contributed by atoms with van der Waals surface area (Å²) in [4.78, 5) is 17.2. The maximum atomic E-state index is 12.3. The molecule has 1 aliphatic heterocycles. The Kier molecular flexibility index (Phi) is 6.07. The van der Waals surface area contributed by atoms with Gasteiger partial charge in [-0.2, -0.15) is 0 Å². The molecular formula is C21H18N4O4S3. The summed E-state index contributed by atoms with van der Waals surface area (Å²) in [7, 11) is -3.79. The monoisotopic (exact) mass is 486 g/mol. The Bertz CT molecular complexity index is 1420. The highest BCUT2D eigenvalue weighted by Gasteiger charge is 2.16. The third kappa shape index (κ3) is 4.70. The number of nitrogens with two attached hydrogens (primary N) is 1. The normalized spacial score (nSPS) is 14.0. The standard InChI is InChI=1S/C21H18N4O4S3/c22-32(28,29)15-7-5-14(6-8-15)24-19(26)9-10-25-20(27)18(31-21(25)30)11-13-12-23-17-4-2-1-3-16(13)17/h1-8,11-12,27H,9-10H2,(H,24,26)(H2,22,28,29)/b13-11-. The van der Waals surface area contributed by atoms with Gasteiger partial charge in [-0.3, -0.25) is 14.4 Å². The lowest BCUT2D eigenvalue weighted by atomic mass is 10.1. The molecule has 1 amide bonds. The Morgan fingerprint density at radius 2 is 1.94 bits per heavy atom. The van der Waals surface area contributed by atoms with E-state index >= 15 is 0 Å². The Morgan fingerprint density at radius 3 is 2.66 bits per heavy atom. The number of amides is 1. The van der Waals surface area contributed by atoms with E-state index in [9.17, 15) is 18.3 Å². The van der Waals surface area contributed by atoms with E-state index in [1.165, 1.54) is 40.2 Å². The van der Waals surface area contributed by atoms with Gasteiger partial charge in [-0.15, -0.1) is 11.3 Å². The van der Waals surface area contributed by atoms with Crippen LogP contribution in [-0.2, 0) is 21.4 Å². The third-order valence-electron chi connectivity index (χ3n) is 4.77. The Morgan fingerprint density at radius 1 is 1.22 bits per heavy atom. The Hall–Kier alpha value is -3.12. The summed E-state index contributed by atoms with van der Waals surface area (Å²) >= 11 is 6.62. The molecule has 4 N–H and O–H groups in total. The number of hydrogen-bond acceptors (Lipinski definition) is 7. The fourth-order valence-corrected chi connectivity index (χ4v) is 4.99. The fourth-order valence-electron chi connectivity index (χ4n) is 3.17. The van der Waals surface area contributed by atoms with E-state index in [4.69, 9.17) is 17.4 Å². The minimum absolute atomic E-state index is 0.00409. The summed E-state index contributed by atoms with van der Waals surface area (Å²) in [6, 6.07) is 13.3. The highest BCUT2D eigenvalue weighted by atomic mass is 32.2. The van der Waals surface area contributed by atoms with Gasteiger partial charge in [0.1, 0.15) is 0 Å². The van der Waals surface area contributed by atoms with Crippen molar-refractivity contribution in [2.75, 3.05) is 5.32 Å². The highest BCUT2D eigenvalue weighted by Crippen LogP contribution is 2.35. The predicted octanol–water partition coefficient (Wildman–Crippen LogP) is 3.92. The zero-order valence-electron chi connectivity index (χ0n) is 16.6. The van der Waals surface area contributed by atoms with Crippen LogP contribution in [0.3, 0.4) is 0 Å². The molecule has 2 aromatic carbocycles. The number of nitrogens with zero attached hydrogens (tertiary/aromatic N) is 2. The lowest BCUT2D eigenvalue weighted by molar-refractivity contribution is -0.116. The van der Waals surface area contributed by atoms with Crippen LogP contribution < -0.4 is 10.5 Å². The van der Waals surface area contributed by atoms with Gasteiger partial charge in [0.25, 0.3) is 0 Å². The van der Waals surface area contributed by atoms with E-state index in [0.29, 0.717) is 14.5 Å². The molecule has 0 aliphatic carbocycles. The number of rotatable bonds is 6. The van der Waals surface area contributed by atoms with Gasteiger partial charge in [0.2, 0.25) is 21.8 Å². The second-order valence-electron chi connectivity index (χ2n) is 6.95. The molecule has 2 heterocycles. The lowest BCUT2D eigenvalue weighted by Crippen LogP contribution is -2.15. The highest BCUT2D eigenvalue weighted by molar-refractivity contribution is 7.89. The van der Waals surface area contributed by atoms with Crippen molar-refractivity contribution < 1.29 is 18.3 Å². The van der Waals surface area contributed by atoms with Crippen molar-refractivity contribution in [2.24, 2.45) is 10.1 Å². The molecule has 32 heavy (non-hydrogen) atoms. The molecule has 1 aliphatic rings. The van der Waals surface area contributed by atoms with E-state index in [1.54, 1.807) is 6.21 Å². The summed E-state index contributed by atoms with van der Waals surface area (Å²) in [6.07, 6.45) is 3.64. The zero-order chi connectivity index (χ0) is 22.9. The fraction of sp³-hybridized carbons (Fsp3) is 0.0952. The molecule has 0 spiro atoms. The van der Waals surface area contributed by atoms with Gasteiger partial charge in [0.15, 0.2) is 3.95 Å². The second kappa shape index (κ2) is 8.79. The number of primary sulfonamides is 1. The van der Waals surface area contributed by atoms with Crippen molar-refractivity contribution in [3.63, 3.8) is 0 Å². The topological polar surface area (TPSA) is 127 Å². The minimum atomic E-state index is -3.79.